The molecule has 0 saturated carbocycles. The van der Waals surface area contributed by atoms with Crippen LogP contribution >= 0.6 is 0 Å². The summed E-state index contributed by atoms with van der Waals surface area (Å²) in [7, 11) is 0. The lowest BCUT2D eigenvalue weighted by Gasteiger charge is -2.33. The highest BCUT2D eigenvalue weighted by Crippen LogP contribution is 2.43. The molecule has 0 aliphatic carbocycles. The third-order valence-corrected chi connectivity index (χ3v) is 6.80. The van der Waals surface area contributed by atoms with Crippen LogP contribution in [0.3, 0.4) is 0 Å². The molecule has 0 unspecified atom stereocenters. The Kier molecular flexibility index (Phi) is 5.06. The SMILES string of the molecule is Cc1c(C(=O)N2C[C@@H]3COCC[C@]3(C(=O)O)C2)c(-c2ccccc2)nn1-c1ccccc1. The molecule has 1 N–H and O–H groups in total. The number of benzene rings is 2. The molecule has 1 aromatic heterocycles. The van der Waals surface area contributed by atoms with Crippen LogP contribution in [-0.2, 0) is 9.53 Å². The molecule has 3 aromatic rings. The molecule has 164 valence electrons. The lowest BCUT2D eigenvalue weighted by Crippen LogP contribution is -2.45. The molecule has 2 atom stereocenters. The minimum atomic E-state index is -0.940. The van der Waals surface area contributed by atoms with Crippen LogP contribution in [0.5, 0.6) is 0 Å². The van der Waals surface area contributed by atoms with Crippen LogP contribution in [0.2, 0.25) is 0 Å². The largest absolute Gasteiger partial charge is 0.481 e. The van der Waals surface area contributed by atoms with E-state index in [1.807, 2.05) is 67.6 Å². The van der Waals surface area contributed by atoms with Crippen molar-refractivity contribution < 1.29 is 19.4 Å². The van der Waals surface area contributed by atoms with Gasteiger partial charge in [0.05, 0.1) is 29.0 Å². The van der Waals surface area contributed by atoms with E-state index in [1.54, 1.807) is 9.58 Å². The fraction of sp³-hybridized carbons (Fsp3) is 0.320. The summed E-state index contributed by atoms with van der Waals surface area (Å²) in [5.74, 6) is -1.23. The van der Waals surface area contributed by atoms with Gasteiger partial charge in [-0.25, -0.2) is 4.68 Å². The van der Waals surface area contributed by atoms with Crippen molar-refractivity contribution in [3.05, 3.63) is 71.9 Å². The first-order valence-corrected chi connectivity index (χ1v) is 10.8. The number of carboxylic acid groups (broad SMARTS) is 1. The maximum atomic E-state index is 13.9. The molecule has 2 saturated heterocycles. The second-order valence-electron chi connectivity index (χ2n) is 8.59. The maximum absolute atomic E-state index is 13.9. The lowest BCUT2D eigenvalue weighted by molar-refractivity contribution is -0.157. The Hall–Kier alpha value is -3.45. The van der Waals surface area contributed by atoms with Crippen molar-refractivity contribution in [3.8, 4) is 16.9 Å². The molecule has 0 spiro atoms. The van der Waals surface area contributed by atoms with Crippen molar-refractivity contribution in [1.82, 2.24) is 14.7 Å². The predicted molar refractivity (Wildman–Crippen MR) is 119 cm³/mol. The summed E-state index contributed by atoms with van der Waals surface area (Å²) in [4.78, 5) is 27.7. The number of carbonyl (C=O) groups is 2. The standard InChI is InChI=1S/C25H25N3O4/c1-17-21(23(29)27-14-19-15-32-13-12-25(19,16-27)24(30)31)22(18-8-4-2-5-9-18)26-28(17)20-10-6-3-7-11-20/h2-11,19H,12-16H2,1H3,(H,30,31)/t19-,25+/m1/s1. The summed E-state index contributed by atoms with van der Waals surface area (Å²) in [6.45, 7) is 3.22. The van der Waals surface area contributed by atoms with E-state index < -0.39 is 11.4 Å². The Morgan fingerprint density at radius 3 is 2.44 bits per heavy atom. The summed E-state index contributed by atoms with van der Waals surface area (Å²) in [6.07, 6.45) is 0.421. The maximum Gasteiger partial charge on any atom is 0.311 e. The van der Waals surface area contributed by atoms with E-state index in [1.165, 1.54) is 0 Å². The molecule has 7 heteroatoms. The molecule has 2 aliphatic rings. The number of nitrogens with zero attached hydrogens (tertiary/aromatic N) is 3. The number of likely N-dealkylation sites (tertiary alicyclic amines) is 1. The van der Waals surface area contributed by atoms with Crippen molar-refractivity contribution >= 4 is 11.9 Å². The van der Waals surface area contributed by atoms with Gasteiger partial charge in [-0.3, -0.25) is 9.59 Å². The molecule has 7 nitrogen and oxygen atoms in total. The fourth-order valence-corrected chi connectivity index (χ4v) is 4.99. The van der Waals surface area contributed by atoms with Gasteiger partial charge in [0.15, 0.2) is 0 Å². The van der Waals surface area contributed by atoms with Gasteiger partial charge in [-0.05, 0) is 25.5 Å². The number of carboxylic acids is 1. The Morgan fingerprint density at radius 2 is 1.78 bits per heavy atom. The van der Waals surface area contributed by atoms with E-state index in [2.05, 4.69) is 0 Å². The molecule has 0 radical (unpaired) electrons. The number of fused-ring (bicyclic) bond motifs is 1. The quantitative estimate of drug-likeness (QED) is 0.684. The molecule has 3 heterocycles. The molecular weight excluding hydrogens is 406 g/mol. The average Bonchev–Trinajstić information content (AvgIpc) is 3.39. The van der Waals surface area contributed by atoms with E-state index in [-0.39, 0.29) is 18.4 Å². The zero-order valence-corrected chi connectivity index (χ0v) is 17.9. The number of carbonyl (C=O) groups excluding carboxylic acids is 1. The minimum Gasteiger partial charge on any atom is -0.481 e. The highest BCUT2D eigenvalue weighted by Gasteiger charge is 2.55. The molecule has 32 heavy (non-hydrogen) atoms. The summed E-state index contributed by atoms with van der Waals surface area (Å²) >= 11 is 0. The first-order valence-electron chi connectivity index (χ1n) is 10.8. The highest BCUT2D eigenvalue weighted by atomic mass is 16.5. The van der Waals surface area contributed by atoms with Crippen LogP contribution in [0, 0.1) is 18.3 Å². The van der Waals surface area contributed by atoms with Gasteiger partial charge >= 0.3 is 5.97 Å². The molecule has 2 aliphatic heterocycles. The highest BCUT2D eigenvalue weighted by molar-refractivity contribution is 6.02. The topological polar surface area (TPSA) is 84.7 Å². The smallest absolute Gasteiger partial charge is 0.311 e. The molecule has 0 bridgehead atoms. The summed E-state index contributed by atoms with van der Waals surface area (Å²) < 4.78 is 7.34. The van der Waals surface area contributed by atoms with Gasteiger partial charge in [-0.2, -0.15) is 5.10 Å². The van der Waals surface area contributed by atoms with E-state index >= 15 is 0 Å². The van der Waals surface area contributed by atoms with Crippen molar-refractivity contribution in [2.45, 2.75) is 13.3 Å². The van der Waals surface area contributed by atoms with Crippen molar-refractivity contribution in [2.75, 3.05) is 26.3 Å². The first-order chi connectivity index (χ1) is 15.5. The van der Waals surface area contributed by atoms with Crippen molar-refractivity contribution in [1.29, 1.82) is 0 Å². The fourth-order valence-electron chi connectivity index (χ4n) is 4.99. The number of amides is 1. The second kappa shape index (κ2) is 7.91. The van der Waals surface area contributed by atoms with Crippen LogP contribution < -0.4 is 0 Å². The number of para-hydroxylation sites is 1. The Morgan fingerprint density at radius 1 is 1.09 bits per heavy atom. The third kappa shape index (κ3) is 3.20. The molecular formula is C25H25N3O4. The monoisotopic (exact) mass is 431 g/mol. The number of aromatic nitrogens is 2. The number of ether oxygens (including phenoxy) is 1. The zero-order valence-electron chi connectivity index (χ0n) is 17.9. The summed E-state index contributed by atoms with van der Waals surface area (Å²) in [6, 6.07) is 19.3. The average molecular weight is 431 g/mol. The van der Waals surface area contributed by atoms with Gasteiger partial charge in [0, 0.05) is 31.2 Å². The Balaban J connectivity index is 1.59. The number of hydrogen-bond donors (Lipinski definition) is 1. The first kappa shape index (κ1) is 20.5. The van der Waals surface area contributed by atoms with Crippen molar-refractivity contribution in [3.63, 3.8) is 0 Å². The van der Waals surface area contributed by atoms with E-state index in [0.717, 1.165) is 16.9 Å². The molecule has 2 aromatic carbocycles. The van der Waals surface area contributed by atoms with Gasteiger partial charge in [0.25, 0.3) is 5.91 Å². The Labute approximate surface area is 186 Å². The molecule has 5 rings (SSSR count). The predicted octanol–water partition coefficient (Wildman–Crippen LogP) is 3.41. The minimum absolute atomic E-state index is 0.182. The summed E-state index contributed by atoms with van der Waals surface area (Å²) in [5, 5.41) is 14.8. The van der Waals surface area contributed by atoms with Crippen LogP contribution in [0.4, 0.5) is 0 Å². The number of rotatable bonds is 4. The third-order valence-electron chi connectivity index (χ3n) is 6.80. The van der Waals surface area contributed by atoms with Gasteiger partial charge in [-0.1, -0.05) is 48.5 Å². The van der Waals surface area contributed by atoms with Crippen molar-refractivity contribution in [2.24, 2.45) is 11.3 Å². The van der Waals surface area contributed by atoms with Gasteiger partial charge in [-0.15, -0.1) is 0 Å². The number of hydrogen-bond acceptors (Lipinski definition) is 4. The van der Waals surface area contributed by atoms with Crippen LogP contribution in [-0.4, -0.2) is 58.0 Å². The van der Waals surface area contributed by atoms with Crippen LogP contribution in [0.15, 0.2) is 60.7 Å². The Bertz CT molecular complexity index is 1160. The molecule has 1 amide bonds. The zero-order chi connectivity index (χ0) is 22.3. The second-order valence-corrected chi connectivity index (χ2v) is 8.59. The van der Waals surface area contributed by atoms with Crippen LogP contribution in [0.1, 0.15) is 22.5 Å². The summed E-state index contributed by atoms with van der Waals surface area (Å²) in [5.41, 5.74) is 2.63. The number of aliphatic carboxylic acids is 1. The molecule has 2 fully saturated rings. The van der Waals surface area contributed by atoms with Gasteiger partial charge in [0.2, 0.25) is 0 Å². The lowest BCUT2D eigenvalue weighted by atomic mass is 9.74. The van der Waals surface area contributed by atoms with E-state index in [0.29, 0.717) is 37.4 Å². The van der Waals surface area contributed by atoms with E-state index in [4.69, 9.17) is 9.84 Å². The van der Waals surface area contributed by atoms with Gasteiger partial charge < -0.3 is 14.7 Å². The normalized spacial score (nSPS) is 22.5. The van der Waals surface area contributed by atoms with Gasteiger partial charge in [0.1, 0.15) is 5.69 Å². The van der Waals surface area contributed by atoms with Crippen LogP contribution in [0.25, 0.3) is 16.9 Å². The van der Waals surface area contributed by atoms with E-state index in [9.17, 15) is 14.7 Å².